The van der Waals surface area contributed by atoms with Crippen LogP contribution in [0.15, 0.2) is 23.0 Å². The molecule has 110 valence electrons. The van der Waals surface area contributed by atoms with Crippen LogP contribution in [-0.2, 0) is 11.2 Å². The number of aromatic amines is 1. The second-order valence-corrected chi connectivity index (χ2v) is 5.30. The molecule has 0 saturated carbocycles. The molecule has 0 radical (unpaired) electrons. The van der Waals surface area contributed by atoms with E-state index in [1.807, 2.05) is 0 Å². The highest BCUT2D eigenvalue weighted by Crippen LogP contribution is 2.36. The summed E-state index contributed by atoms with van der Waals surface area (Å²) >= 11 is 0. The van der Waals surface area contributed by atoms with Gasteiger partial charge in [0.2, 0.25) is 5.91 Å². The number of carbonyl (C=O) groups is 1. The zero-order valence-electron chi connectivity index (χ0n) is 11.6. The second kappa shape index (κ2) is 5.12. The van der Waals surface area contributed by atoms with E-state index in [1.165, 1.54) is 13.0 Å². The first-order chi connectivity index (χ1) is 10.0. The Hall–Kier alpha value is -2.50. The van der Waals surface area contributed by atoms with Crippen LogP contribution in [0.2, 0.25) is 0 Å². The normalized spacial score (nSPS) is 17.1. The minimum absolute atomic E-state index is 0.0469. The molecule has 2 aromatic rings. The van der Waals surface area contributed by atoms with Crippen molar-refractivity contribution in [3.05, 3.63) is 34.1 Å². The van der Waals surface area contributed by atoms with Gasteiger partial charge >= 0.3 is 0 Å². The standard InChI is InChI=1S/C15H16N2O4/c1-8(18)16-6-9-4-10-13(21-7-9)3-2-11-15(10)12(19)5-14(20)17-11/h2-3,5,9H,4,6-7H2,1H3,(H,16,18)(H2,17,19,20). The number of benzene rings is 1. The third-order valence-electron chi connectivity index (χ3n) is 3.66. The summed E-state index contributed by atoms with van der Waals surface area (Å²) in [7, 11) is 0. The zero-order valence-corrected chi connectivity index (χ0v) is 11.6. The minimum atomic E-state index is -0.341. The van der Waals surface area contributed by atoms with Crippen molar-refractivity contribution in [1.29, 1.82) is 0 Å². The number of carbonyl (C=O) groups excluding carboxylic acids is 1. The van der Waals surface area contributed by atoms with Crippen LogP contribution in [0.25, 0.3) is 10.9 Å². The van der Waals surface area contributed by atoms with Crippen LogP contribution in [0.4, 0.5) is 0 Å². The maximum absolute atomic E-state index is 11.4. The number of pyridine rings is 1. The first kappa shape index (κ1) is 13.5. The highest BCUT2D eigenvalue weighted by Gasteiger charge is 2.23. The maximum atomic E-state index is 11.4. The number of fused-ring (bicyclic) bond motifs is 3. The highest BCUT2D eigenvalue weighted by molar-refractivity contribution is 5.90. The Morgan fingerprint density at radius 2 is 2.33 bits per heavy atom. The topological polar surface area (TPSA) is 91.4 Å². The molecule has 2 heterocycles. The van der Waals surface area contributed by atoms with E-state index in [0.717, 1.165) is 5.56 Å². The molecular weight excluding hydrogens is 272 g/mol. The van der Waals surface area contributed by atoms with Gasteiger partial charge in [-0.25, -0.2) is 0 Å². The second-order valence-electron chi connectivity index (χ2n) is 5.30. The summed E-state index contributed by atoms with van der Waals surface area (Å²) in [5, 5.41) is 13.5. The van der Waals surface area contributed by atoms with Crippen LogP contribution in [0, 0.1) is 5.92 Å². The smallest absolute Gasteiger partial charge is 0.252 e. The van der Waals surface area contributed by atoms with Gasteiger partial charge in [-0.1, -0.05) is 0 Å². The molecule has 1 atom stereocenters. The summed E-state index contributed by atoms with van der Waals surface area (Å²) in [5.74, 6) is 0.725. The number of hydrogen-bond acceptors (Lipinski definition) is 4. The Labute approximate surface area is 120 Å². The molecule has 1 aromatic carbocycles. The molecule has 1 aliphatic heterocycles. The molecule has 0 spiro atoms. The largest absolute Gasteiger partial charge is 0.507 e. The third kappa shape index (κ3) is 2.56. The van der Waals surface area contributed by atoms with Gasteiger partial charge in [0, 0.05) is 36.4 Å². The number of nitrogens with one attached hydrogen (secondary N) is 2. The van der Waals surface area contributed by atoms with Gasteiger partial charge in [0.1, 0.15) is 11.5 Å². The van der Waals surface area contributed by atoms with Crippen molar-refractivity contribution in [2.45, 2.75) is 13.3 Å². The first-order valence-electron chi connectivity index (χ1n) is 6.79. The van der Waals surface area contributed by atoms with E-state index >= 15 is 0 Å². The van der Waals surface area contributed by atoms with Crippen molar-refractivity contribution in [1.82, 2.24) is 10.3 Å². The summed E-state index contributed by atoms with van der Waals surface area (Å²) < 4.78 is 5.71. The highest BCUT2D eigenvalue weighted by atomic mass is 16.5. The lowest BCUT2D eigenvalue weighted by Gasteiger charge is -2.26. The molecule has 0 aliphatic carbocycles. The molecule has 21 heavy (non-hydrogen) atoms. The summed E-state index contributed by atoms with van der Waals surface area (Å²) in [6, 6.07) is 4.69. The lowest BCUT2D eigenvalue weighted by atomic mass is 9.93. The van der Waals surface area contributed by atoms with Crippen LogP contribution in [0.1, 0.15) is 12.5 Å². The number of hydrogen-bond donors (Lipinski definition) is 3. The monoisotopic (exact) mass is 288 g/mol. The van der Waals surface area contributed by atoms with Crippen LogP contribution in [-0.4, -0.2) is 29.1 Å². The van der Waals surface area contributed by atoms with Gasteiger partial charge in [0.25, 0.3) is 5.56 Å². The van der Waals surface area contributed by atoms with Gasteiger partial charge in [-0.15, -0.1) is 0 Å². The molecule has 0 saturated heterocycles. The zero-order chi connectivity index (χ0) is 15.0. The van der Waals surface area contributed by atoms with Gasteiger partial charge in [-0.05, 0) is 18.6 Å². The molecule has 3 N–H and O–H groups in total. The van der Waals surface area contributed by atoms with E-state index in [-0.39, 0.29) is 23.1 Å². The Bertz CT molecular complexity index is 766. The van der Waals surface area contributed by atoms with E-state index in [2.05, 4.69) is 10.3 Å². The van der Waals surface area contributed by atoms with E-state index in [1.54, 1.807) is 12.1 Å². The fourth-order valence-electron chi connectivity index (χ4n) is 2.70. The van der Waals surface area contributed by atoms with Crippen molar-refractivity contribution < 1.29 is 14.6 Å². The summed E-state index contributed by atoms with van der Waals surface area (Å²) in [6.07, 6.45) is 0.673. The van der Waals surface area contributed by atoms with Gasteiger partial charge in [0.15, 0.2) is 0 Å². The Kier molecular flexibility index (Phi) is 3.29. The number of amides is 1. The molecule has 6 heteroatoms. The van der Waals surface area contributed by atoms with Crippen molar-refractivity contribution in [2.24, 2.45) is 5.92 Å². The predicted molar refractivity (Wildman–Crippen MR) is 77.6 cm³/mol. The Morgan fingerprint density at radius 1 is 1.52 bits per heavy atom. The van der Waals surface area contributed by atoms with Crippen molar-refractivity contribution in [3.63, 3.8) is 0 Å². The van der Waals surface area contributed by atoms with Gasteiger partial charge in [-0.2, -0.15) is 0 Å². The number of rotatable bonds is 2. The number of H-pyrrole nitrogens is 1. The Morgan fingerprint density at radius 3 is 3.10 bits per heavy atom. The summed E-state index contributed by atoms with van der Waals surface area (Å²) in [4.78, 5) is 25.1. The van der Waals surface area contributed by atoms with Crippen molar-refractivity contribution >= 4 is 16.8 Å². The fourth-order valence-corrected chi connectivity index (χ4v) is 2.70. The van der Waals surface area contributed by atoms with Crippen molar-refractivity contribution in [3.8, 4) is 11.5 Å². The van der Waals surface area contributed by atoms with E-state index in [4.69, 9.17) is 4.74 Å². The molecule has 1 aliphatic rings. The van der Waals surface area contributed by atoms with Crippen LogP contribution >= 0.6 is 0 Å². The molecule has 1 amide bonds. The predicted octanol–water partition coefficient (Wildman–Crippen LogP) is 0.921. The van der Waals surface area contributed by atoms with Gasteiger partial charge < -0.3 is 20.1 Å². The van der Waals surface area contributed by atoms with Gasteiger partial charge in [-0.3, -0.25) is 9.59 Å². The van der Waals surface area contributed by atoms with E-state index < -0.39 is 0 Å². The van der Waals surface area contributed by atoms with Crippen LogP contribution < -0.4 is 15.6 Å². The quantitative estimate of drug-likeness (QED) is 0.766. The van der Waals surface area contributed by atoms with Crippen LogP contribution in [0.5, 0.6) is 11.5 Å². The number of ether oxygens (including phenoxy) is 1. The maximum Gasteiger partial charge on any atom is 0.252 e. The molecule has 3 rings (SSSR count). The fraction of sp³-hybridized carbons (Fsp3) is 0.333. The van der Waals surface area contributed by atoms with Gasteiger partial charge in [0.05, 0.1) is 12.1 Å². The minimum Gasteiger partial charge on any atom is -0.507 e. The van der Waals surface area contributed by atoms with E-state index in [9.17, 15) is 14.7 Å². The van der Waals surface area contributed by atoms with Crippen molar-refractivity contribution in [2.75, 3.05) is 13.2 Å². The summed E-state index contributed by atoms with van der Waals surface area (Å²) in [6.45, 7) is 2.52. The summed E-state index contributed by atoms with van der Waals surface area (Å²) in [5.41, 5.74) is 1.11. The lowest BCUT2D eigenvalue weighted by molar-refractivity contribution is -0.119. The number of aromatic hydroxyl groups is 1. The lowest BCUT2D eigenvalue weighted by Crippen LogP contribution is -2.33. The van der Waals surface area contributed by atoms with Crippen LogP contribution in [0.3, 0.4) is 0 Å². The average Bonchev–Trinajstić information content (AvgIpc) is 2.43. The molecule has 1 aromatic heterocycles. The Balaban J connectivity index is 2.01. The molecule has 0 fully saturated rings. The average molecular weight is 288 g/mol. The molecule has 1 unspecified atom stereocenters. The van der Waals surface area contributed by atoms with E-state index in [0.29, 0.717) is 36.2 Å². The molecule has 0 bridgehead atoms. The SMILES string of the molecule is CC(=O)NCC1COc2ccc3[nH]c(=O)cc(O)c3c2C1. The first-order valence-corrected chi connectivity index (χ1v) is 6.79. The third-order valence-corrected chi connectivity index (χ3v) is 3.66. The molecule has 6 nitrogen and oxygen atoms in total. The molecular formula is C15H16N2O4. The number of aromatic nitrogens is 1.